The molecule has 1 aliphatic rings. The largest absolute Gasteiger partial charge is 0.506 e. The van der Waals surface area contributed by atoms with Gasteiger partial charge in [0.05, 0.1) is 17.6 Å². The van der Waals surface area contributed by atoms with Gasteiger partial charge in [-0.25, -0.2) is 9.78 Å². The van der Waals surface area contributed by atoms with E-state index in [-0.39, 0.29) is 45.4 Å². The molecule has 0 radical (unpaired) electrons. The highest BCUT2D eigenvalue weighted by molar-refractivity contribution is 8.23. The number of aromatic hydroxyl groups is 1. The predicted molar refractivity (Wildman–Crippen MR) is 120 cm³/mol. The molecule has 5 rings (SSSR count). The number of pyridine rings is 2. The summed E-state index contributed by atoms with van der Waals surface area (Å²) >= 11 is 0. The molecule has 0 saturated carbocycles. The SMILES string of the molecule is O=C(O)c1ccc(Cn2c(=O)c(C3=NS(O)(O)c4ccccc4N3)c(O)c3cccnc32)o1. The summed E-state index contributed by atoms with van der Waals surface area (Å²) in [5, 5.41) is 23.1. The first-order valence-corrected chi connectivity index (χ1v) is 11.0. The first-order chi connectivity index (χ1) is 15.8. The van der Waals surface area contributed by atoms with Gasteiger partial charge in [-0.15, -0.1) is 4.40 Å². The predicted octanol–water partition coefficient (Wildman–Crippen LogP) is 3.34. The molecule has 4 heterocycles. The summed E-state index contributed by atoms with van der Waals surface area (Å²) in [4.78, 5) is 29.0. The topological polar surface area (TPSA) is 170 Å². The Morgan fingerprint density at radius 2 is 1.91 bits per heavy atom. The van der Waals surface area contributed by atoms with E-state index in [9.17, 15) is 23.8 Å². The van der Waals surface area contributed by atoms with E-state index in [4.69, 9.17) is 9.52 Å². The lowest BCUT2D eigenvalue weighted by molar-refractivity contribution is 0.0660. The van der Waals surface area contributed by atoms with E-state index >= 15 is 0 Å². The van der Waals surface area contributed by atoms with Gasteiger partial charge >= 0.3 is 5.97 Å². The highest BCUT2D eigenvalue weighted by Crippen LogP contribution is 2.55. The Kier molecular flexibility index (Phi) is 4.70. The van der Waals surface area contributed by atoms with E-state index in [1.165, 1.54) is 35.0 Å². The zero-order chi connectivity index (χ0) is 23.3. The van der Waals surface area contributed by atoms with Crippen LogP contribution in [0.1, 0.15) is 21.9 Å². The molecule has 0 spiro atoms. The minimum atomic E-state index is -3.64. The number of para-hydroxylation sites is 1. The molecular formula is C21H16N4O7S. The molecule has 12 heteroatoms. The summed E-state index contributed by atoms with van der Waals surface area (Å²) < 4.78 is 31.5. The van der Waals surface area contributed by atoms with Crippen LogP contribution < -0.4 is 10.9 Å². The number of rotatable bonds is 4. The van der Waals surface area contributed by atoms with E-state index < -0.39 is 28.1 Å². The van der Waals surface area contributed by atoms with Crippen LogP contribution in [0.5, 0.6) is 5.75 Å². The number of carboxylic acids is 1. The van der Waals surface area contributed by atoms with Crippen molar-refractivity contribution < 1.29 is 28.5 Å². The second-order valence-corrected chi connectivity index (χ2v) is 8.80. The number of carboxylic acid groups (broad SMARTS) is 1. The molecule has 0 atom stereocenters. The lowest BCUT2D eigenvalue weighted by atomic mass is 10.1. The summed E-state index contributed by atoms with van der Waals surface area (Å²) in [7, 11) is -3.64. The number of hydrogen-bond donors (Lipinski definition) is 5. The van der Waals surface area contributed by atoms with Crippen molar-refractivity contribution in [3.05, 3.63) is 82.2 Å². The van der Waals surface area contributed by atoms with Gasteiger partial charge in [0.15, 0.2) is 5.84 Å². The highest BCUT2D eigenvalue weighted by atomic mass is 32.3. The minimum Gasteiger partial charge on any atom is -0.506 e. The second-order valence-electron chi connectivity index (χ2n) is 7.14. The first kappa shape index (κ1) is 20.8. The Labute approximate surface area is 186 Å². The van der Waals surface area contributed by atoms with Gasteiger partial charge in [-0.05, 0) is 36.4 Å². The van der Waals surface area contributed by atoms with Crippen molar-refractivity contribution >= 4 is 39.3 Å². The summed E-state index contributed by atoms with van der Waals surface area (Å²) in [6.07, 6.45) is 1.44. The van der Waals surface area contributed by atoms with Gasteiger partial charge in [-0.1, -0.05) is 22.9 Å². The quantitative estimate of drug-likeness (QED) is 0.301. The maximum Gasteiger partial charge on any atom is 0.371 e. The van der Waals surface area contributed by atoms with E-state index in [1.54, 1.807) is 24.3 Å². The molecule has 0 fully saturated rings. The van der Waals surface area contributed by atoms with Crippen molar-refractivity contribution in [2.45, 2.75) is 11.4 Å². The van der Waals surface area contributed by atoms with E-state index in [1.807, 2.05) is 0 Å². The molecule has 3 aromatic heterocycles. The Morgan fingerprint density at radius 3 is 2.67 bits per heavy atom. The fourth-order valence-electron chi connectivity index (χ4n) is 3.60. The number of benzene rings is 1. The fraction of sp³-hybridized carbons (Fsp3) is 0.0476. The summed E-state index contributed by atoms with van der Waals surface area (Å²) in [5.74, 6) is -2.04. The average molecular weight is 468 g/mol. The number of nitrogens with one attached hydrogen (secondary N) is 1. The number of furan rings is 1. The zero-order valence-electron chi connectivity index (χ0n) is 16.7. The average Bonchev–Trinajstić information content (AvgIpc) is 3.26. The molecule has 0 saturated heterocycles. The number of anilines is 1. The fourth-order valence-corrected chi connectivity index (χ4v) is 4.77. The van der Waals surface area contributed by atoms with E-state index in [0.29, 0.717) is 5.69 Å². The van der Waals surface area contributed by atoms with Crippen LogP contribution in [0.3, 0.4) is 0 Å². The lowest BCUT2D eigenvalue weighted by Gasteiger charge is -2.34. The van der Waals surface area contributed by atoms with Crippen LogP contribution in [0, 0.1) is 0 Å². The Morgan fingerprint density at radius 1 is 1.12 bits per heavy atom. The van der Waals surface area contributed by atoms with Crippen LogP contribution in [0.15, 0.2) is 73.2 Å². The second kappa shape index (κ2) is 7.48. The third-order valence-electron chi connectivity index (χ3n) is 5.07. The van der Waals surface area contributed by atoms with Crippen LogP contribution in [-0.4, -0.2) is 40.7 Å². The molecule has 1 aliphatic heterocycles. The number of aromatic carboxylic acids is 1. The Balaban J connectivity index is 1.72. The summed E-state index contributed by atoms with van der Waals surface area (Å²) in [6.45, 7) is -0.187. The van der Waals surface area contributed by atoms with Crippen molar-refractivity contribution in [1.29, 1.82) is 0 Å². The zero-order valence-corrected chi connectivity index (χ0v) is 17.5. The van der Waals surface area contributed by atoms with Gasteiger partial charge < -0.3 is 19.9 Å². The molecular weight excluding hydrogens is 452 g/mol. The number of fused-ring (bicyclic) bond motifs is 2. The van der Waals surface area contributed by atoms with Crippen LogP contribution >= 0.6 is 10.8 Å². The molecule has 0 aliphatic carbocycles. The molecule has 168 valence electrons. The highest BCUT2D eigenvalue weighted by Gasteiger charge is 2.30. The lowest BCUT2D eigenvalue weighted by Crippen LogP contribution is -2.32. The molecule has 0 unspecified atom stereocenters. The monoisotopic (exact) mass is 468 g/mol. The van der Waals surface area contributed by atoms with E-state index in [2.05, 4.69) is 14.7 Å². The molecule has 5 N–H and O–H groups in total. The Bertz CT molecular complexity index is 1520. The summed E-state index contributed by atoms with van der Waals surface area (Å²) in [5.41, 5.74) is -0.584. The molecule has 11 nitrogen and oxygen atoms in total. The maximum atomic E-state index is 13.5. The molecule has 33 heavy (non-hydrogen) atoms. The molecule has 0 amide bonds. The molecule has 1 aromatic carbocycles. The number of nitrogens with zero attached hydrogens (tertiary/aromatic N) is 3. The van der Waals surface area contributed by atoms with Gasteiger partial charge in [0, 0.05) is 6.20 Å². The van der Waals surface area contributed by atoms with Crippen LogP contribution in [0.2, 0.25) is 0 Å². The van der Waals surface area contributed by atoms with Crippen LogP contribution in [0.4, 0.5) is 5.69 Å². The normalized spacial score (nSPS) is 15.4. The number of hydrogen-bond acceptors (Lipinski definition) is 9. The van der Waals surface area contributed by atoms with Gasteiger partial charge in [-0.3, -0.25) is 18.5 Å². The number of amidine groups is 1. The molecule has 0 bridgehead atoms. The third kappa shape index (κ3) is 3.42. The van der Waals surface area contributed by atoms with Crippen LogP contribution in [0.25, 0.3) is 11.0 Å². The third-order valence-corrected chi connectivity index (χ3v) is 6.45. The van der Waals surface area contributed by atoms with Crippen molar-refractivity contribution in [2.75, 3.05) is 5.32 Å². The number of carbonyl (C=O) groups is 1. The van der Waals surface area contributed by atoms with Gasteiger partial charge in [-0.2, -0.15) is 0 Å². The van der Waals surface area contributed by atoms with Crippen molar-refractivity contribution in [3.63, 3.8) is 0 Å². The smallest absolute Gasteiger partial charge is 0.371 e. The van der Waals surface area contributed by atoms with Crippen LogP contribution in [-0.2, 0) is 6.54 Å². The Hall–Kier alpha value is -4.13. The van der Waals surface area contributed by atoms with Crippen molar-refractivity contribution in [1.82, 2.24) is 9.55 Å². The van der Waals surface area contributed by atoms with Crippen molar-refractivity contribution in [3.8, 4) is 5.75 Å². The maximum absolute atomic E-state index is 13.5. The first-order valence-electron chi connectivity index (χ1n) is 9.53. The molecule has 4 aromatic rings. The van der Waals surface area contributed by atoms with Crippen molar-refractivity contribution in [2.24, 2.45) is 4.40 Å². The summed E-state index contributed by atoms with van der Waals surface area (Å²) in [6, 6.07) is 12.2. The van der Waals surface area contributed by atoms with E-state index in [0.717, 1.165) is 0 Å². The standard InChI is InChI=1S/C21H16N4O7S/c26-17-12-4-3-9-22-19(12)25(10-11-7-8-14(32-11)21(28)29)20(27)16(17)18-23-13-5-1-2-6-15(13)33(30,31)24-18/h1-9,26,30-31H,10H2,(H,23,24)(H,28,29). The van der Waals surface area contributed by atoms with Gasteiger partial charge in [0.2, 0.25) is 5.76 Å². The van der Waals surface area contributed by atoms with Gasteiger partial charge in [0.1, 0.15) is 27.6 Å². The number of aromatic nitrogens is 2. The van der Waals surface area contributed by atoms with Gasteiger partial charge in [0.25, 0.3) is 5.56 Å². The minimum absolute atomic E-state index is 0.125.